The molecule has 0 aromatic carbocycles. The van der Waals surface area contributed by atoms with Crippen molar-refractivity contribution in [3.63, 3.8) is 0 Å². The Labute approximate surface area is 168 Å². The Morgan fingerprint density at radius 1 is 1.15 bits per heavy atom. The summed E-state index contributed by atoms with van der Waals surface area (Å²) >= 11 is 3.11. The number of rotatable bonds is 6. The van der Waals surface area contributed by atoms with Gasteiger partial charge in [0.15, 0.2) is 5.16 Å². The fourth-order valence-electron chi connectivity index (χ4n) is 3.95. The zero-order chi connectivity index (χ0) is 18.6. The van der Waals surface area contributed by atoms with Crippen molar-refractivity contribution in [3.8, 4) is 0 Å². The smallest absolute Gasteiger partial charge is 0.230 e. The summed E-state index contributed by atoms with van der Waals surface area (Å²) in [4.78, 5) is 26.1. The maximum atomic E-state index is 12.1. The molecular weight excluding hydrogens is 378 g/mol. The molecule has 1 amide bonds. The number of hydrogen-bond donors (Lipinski definition) is 2. The van der Waals surface area contributed by atoms with E-state index in [1.807, 2.05) is 0 Å². The van der Waals surface area contributed by atoms with Crippen LogP contribution < -0.4 is 11.1 Å². The molecular formula is C19H27N5OS2. The van der Waals surface area contributed by atoms with Gasteiger partial charge in [-0.25, -0.2) is 9.97 Å². The molecule has 8 heteroatoms. The number of carbonyl (C=O) groups excluding carboxylic acids is 1. The van der Waals surface area contributed by atoms with Crippen LogP contribution in [0.1, 0.15) is 42.5 Å². The van der Waals surface area contributed by atoms with Gasteiger partial charge in [-0.2, -0.15) is 0 Å². The second-order valence-electron chi connectivity index (χ2n) is 7.32. The van der Waals surface area contributed by atoms with Gasteiger partial charge in [-0.3, -0.25) is 4.79 Å². The number of aromatic nitrogens is 2. The van der Waals surface area contributed by atoms with Crippen molar-refractivity contribution in [3.05, 3.63) is 10.4 Å². The van der Waals surface area contributed by atoms with E-state index in [0.717, 1.165) is 42.7 Å². The van der Waals surface area contributed by atoms with Crippen molar-refractivity contribution in [1.29, 1.82) is 0 Å². The van der Waals surface area contributed by atoms with Gasteiger partial charge >= 0.3 is 0 Å². The van der Waals surface area contributed by atoms with E-state index in [1.54, 1.807) is 11.3 Å². The molecule has 2 aromatic heterocycles. The summed E-state index contributed by atoms with van der Waals surface area (Å²) in [6.45, 7) is 3.96. The highest BCUT2D eigenvalue weighted by Crippen LogP contribution is 2.38. The molecule has 0 unspecified atom stereocenters. The molecule has 27 heavy (non-hydrogen) atoms. The molecule has 1 aliphatic carbocycles. The number of hydrogen-bond acceptors (Lipinski definition) is 7. The summed E-state index contributed by atoms with van der Waals surface area (Å²) in [5.74, 6) is 0.924. The van der Waals surface area contributed by atoms with Crippen LogP contribution in [-0.2, 0) is 17.6 Å². The summed E-state index contributed by atoms with van der Waals surface area (Å²) in [7, 11) is 0. The van der Waals surface area contributed by atoms with Crippen molar-refractivity contribution >= 4 is 45.0 Å². The summed E-state index contributed by atoms with van der Waals surface area (Å²) in [5.41, 5.74) is 7.58. The van der Waals surface area contributed by atoms with Crippen LogP contribution in [0.2, 0.25) is 0 Å². The lowest BCUT2D eigenvalue weighted by molar-refractivity contribution is -0.118. The summed E-state index contributed by atoms with van der Waals surface area (Å²) < 4.78 is 0. The number of thiophene rings is 1. The topological polar surface area (TPSA) is 84.1 Å². The molecule has 0 radical (unpaired) electrons. The Morgan fingerprint density at radius 2 is 1.96 bits per heavy atom. The largest absolute Gasteiger partial charge is 0.383 e. The highest BCUT2D eigenvalue weighted by atomic mass is 32.2. The maximum absolute atomic E-state index is 12.1. The zero-order valence-electron chi connectivity index (χ0n) is 15.6. The molecule has 0 spiro atoms. The predicted octanol–water partition coefficient (Wildman–Crippen LogP) is 2.85. The molecule has 0 bridgehead atoms. The molecule has 1 aliphatic heterocycles. The molecule has 6 nitrogen and oxygen atoms in total. The van der Waals surface area contributed by atoms with Crippen LogP contribution in [0.4, 0.5) is 5.82 Å². The number of nitrogen functional groups attached to an aromatic ring is 1. The van der Waals surface area contributed by atoms with Gasteiger partial charge in [0.1, 0.15) is 10.6 Å². The number of anilines is 1. The van der Waals surface area contributed by atoms with Crippen molar-refractivity contribution < 1.29 is 4.79 Å². The van der Waals surface area contributed by atoms with Gasteiger partial charge in [-0.15, -0.1) is 11.3 Å². The fraction of sp³-hybridized carbons (Fsp3) is 0.632. The van der Waals surface area contributed by atoms with Crippen molar-refractivity contribution in [2.75, 3.05) is 37.7 Å². The molecule has 146 valence electrons. The lowest BCUT2D eigenvalue weighted by atomic mass is 9.97. The zero-order valence-corrected chi connectivity index (χ0v) is 17.3. The lowest BCUT2D eigenvalue weighted by Crippen LogP contribution is -2.38. The Morgan fingerprint density at radius 3 is 2.81 bits per heavy atom. The highest BCUT2D eigenvalue weighted by Gasteiger charge is 2.20. The summed E-state index contributed by atoms with van der Waals surface area (Å²) in [6.07, 6.45) is 8.54. The maximum Gasteiger partial charge on any atom is 0.230 e. The van der Waals surface area contributed by atoms with E-state index in [1.165, 1.54) is 54.3 Å². The number of carbonyl (C=O) groups is 1. The first kappa shape index (κ1) is 19.0. The van der Waals surface area contributed by atoms with Crippen molar-refractivity contribution in [1.82, 2.24) is 20.2 Å². The Hall–Kier alpha value is -1.38. The molecule has 4 rings (SSSR count). The fourth-order valence-corrected chi connectivity index (χ4v) is 5.96. The Balaban J connectivity index is 1.31. The predicted molar refractivity (Wildman–Crippen MR) is 112 cm³/mol. The second kappa shape index (κ2) is 8.75. The van der Waals surface area contributed by atoms with E-state index < -0.39 is 0 Å². The van der Waals surface area contributed by atoms with Crippen LogP contribution in [0.3, 0.4) is 0 Å². The molecule has 3 N–H and O–H groups in total. The average molecular weight is 406 g/mol. The minimum atomic E-state index is 0.0322. The molecule has 0 saturated carbocycles. The van der Waals surface area contributed by atoms with E-state index in [-0.39, 0.29) is 5.91 Å². The van der Waals surface area contributed by atoms with Gasteiger partial charge in [0, 0.05) is 18.0 Å². The number of likely N-dealkylation sites (tertiary alicyclic amines) is 1. The van der Waals surface area contributed by atoms with Gasteiger partial charge in [0.2, 0.25) is 5.91 Å². The first-order valence-electron chi connectivity index (χ1n) is 9.90. The number of aryl methyl sites for hydroxylation is 2. The van der Waals surface area contributed by atoms with Crippen LogP contribution >= 0.6 is 23.1 Å². The molecule has 1 saturated heterocycles. The monoisotopic (exact) mass is 405 g/mol. The minimum absolute atomic E-state index is 0.0322. The third kappa shape index (κ3) is 4.55. The molecule has 0 atom stereocenters. The number of nitrogens with one attached hydrogen (secondary N) is 1. The molecule has 2 aromatic rings. The van der Waals surface area contributed by atoms with E-state index in [0.29, 0.717) is 23.3 Å². The van der Waals surface area contributed by atoms with Crippen LogP contribution in [0.15, 0.2) is 5.16 Å². The number of nitrogens with two attached hydrogens (primary N) is 1. The van der Waals surface area contributed by atoms with E-state index in [2.05, 4.69) is 20.2 Å². The second-order valence-corrected chi connectivity index (χ2v) is 9.35. The van der Waals surface area contributed by atoms with E-state index >= 15 is 0 Å². The van der Waals surface area contributed by atoms with Gasteiger partial charge in [-0.1, -0.05) is 18.2 Å². The van der Waals surface area contributed by atoms with Gasteiger partial charge in [-0.05, 0) is 57.2 Å². The third-order valence-electron chi connectivity index (χ3n) is 5.35. The first-order chi connectivity index (χ1) is 13.2. The molecule has 1 fully saturated rings. The van der Waals surface area contributed by atoms with Crippen LogP contribution in [0.25, 0.3) is 10.2 Å². The van der Waals surface area contributed by atoms with Gasteiger partial charge < -0.3 is 16.0 Å². The third-order valence-corrected chi connectivity index (χ3v) is 7.39. The minimum Gasteiger partial charge on any atom is -0.383 e. The quantitative estimate of drug-likeness (QED) is 0.568. The van der Waals surface area contributed by atoms with Crippen LogP contribution in [0.5, 0.6) is 0 Å². The van der Waals surface area contributed by atoms with E-state index in [9.17, 15) is 4.79 Å². The normalized spacial score (nSPS) is 17.8. The Kier molecular flexibility index (Phi) is 6.14. The number of piperidine rings is 1. The number of amides is 1. The number of nitrogens with zero attached hydrogens (tertiary/aromatic N) is 3. The number of fused-ring (bicyclic) bond motifs is 3. The van der Waals surface area contributed by atoms with Crippen LogP contribution in [-0.4, -0.2) is 52.7 Å². The van der Waals surface area contributed by atoms with Crippen LogP contribution in [0, 0.1) is 0 Å². The van der Waals surface area contributed by atoms with Crippen molar-refractivity contribution in [2.24, 2.45) is 0 Å². The number of thioether (sulfide) groups is 1. The van der Waals surface area contributed by atoms with E-state index in [4.69, 9.17) is 5.73 Å². The lowest BCUT2D eigenvalue weighted by Gasteiger charge is -2.26. The van der Waals surface area contributed by atoms with Gasteiger partial charge in [0.25, 0.3) is 0 Å². The highest BCUT2D eigenvalue weighted by molar-refractivity contribution is 7.99. The average Bonchev–Trinajstić information content (AvgIpc) is 3.06. The molecule has 2 aliphatic rings. The summed E-state index contributed by atoms with van der Waals surface area (Å²) in [5, 5.41) is 4.65. The van der Waals surface area contributed by atoms with Gasteiger partial charge in [0.05, 0.1) is 11.1 Å². The SMILES string of the molecule is Nc1nc(SCC(=O)NCCN2CCCCC2)nc2sc3c(c12)CCCC3. The summed E-state index contributed by atoms with van der Waals surface area (Å²) in [6, 6.07) is 0. The Bertz CT molecular complexity index is 816. The standard InChI is InChI=1S/C19H27N5OS2/c20-17-16-13-6-2-3-7-14(13)27-18(16)23-19(22-17)26-12-15(25)21-8-11-24-9-4-1-5-10-24/h1-12H2,(H,21,25)(H2,20,22,23). The van der Waals surface area contributed by atoms with Crippen molar-refractivity contribution in [2.45, 2.75) is 50.1 Å². The first-order valence-corrected chi connectivity index (χ1v) is 11.7. The molecule has 3 heterocycles.